The van der Waals surface area contributed by atoms with E-state index < -0.39 is 0 Å². The zero-order chi connectivity index (χ0) is 20.6. The minimum atomic E-state index is -0.235. The van der Waals surface area contributed by atoms with Gasteiger partial charge in [-0.15, -0.1) is 0 Å². The van der Waals surface area contributed by atoms with Gasteiger partial charge in [0.15, 0.2) is 5.75 Å². The van der Waals surface area contributed by atoms with Crippen LogP contribution in [0.1, 0.15) is 0 Å². The first-order valence-electron chi connectivity index (χ1n) is 8.88. The monoisotopic (exact) mass is 412 g/mol. The third-order valence-electron chi connectivity index (χ3n) is 4.07. The number of hydrogen-bond acceptors (Lipinski definition) is 5. The van der Waals surface area contributed by atoms with Gasteiger partial charge in [-0.1, -0.05) is 35.9 Å². The number of rotatable bonds is 8. The first kappa shape index (κ1) is 20.4. The molecule has 0 saturated heterocycles. The molecule has 0 aliphatic rings. The summed E-state index contributed by atoms with van der Waals surface area (Å²) in [6.45, 7) is 0.0398. The van der Waals surface area contributed by atoms with Crippen LogP contribution in [0.25, 0.3) is 0 Å². The quantitative estimate of drug-likeness (QED) is 0.532. The lowest BCUT2D eigenvalue weighted by Crippen LogP contribution is -2.22. The normalized spacial score (nSPS) is 10.2. The van der Waals surface area contributed by atoms with E-state index in [1.165, 1.54) is 7.11 Å². The van der Waals surface area contributed by atoms with E-state index in [4.69, 9.17) is 25.8 Å². The maximum atomic E-state index is 12.4. The van der Waals surface area contributed by atoms with Crippen LogP contribution < -0.4 is 24.8 Å². The third-order valence-corrected chi connectivity index (χ3v) is 4.38. The van der Waals surface area contributed by atoms with E-state index in [0.717, 1.165) is 0 Å². The number of para-hydroxylation sites is 3. The van der Waals surface area contributed by atoms with E-state index >= 15 is 0 Å². The van der Waals surface area contributed by atoms with Crippen LogP contribution in [0, 0.1) is 0 Å². The Morgan fingerprint density at radius 2 is 1.59 bits per heavy atom. The van der Waals surface area contributed by atoms with E-state index in [1.54, 1.807) is 43.5 Å². The fourth-order valence-corrected chi connectivity index (χ4v) is 2.79. The summed E-state index contributed by atoms with van der Waals surface area (Å²) in [7, 11) is 3.10. The Labute approximate surface area is 174 Å². The molecule has 0 saturated carbocycles. The molecule has 0 fully saturated rings. The number of halogens is 1. The van der Waals surface area contributed by atoms with E-state index in [2.05, 4.69) is 10.6 Å². The number of carbonyl (C=O) groups is 1. The summed E-state index contributed by atoms with van der Waals surface area (Å²) in [6, 6.07) is 19.7. The highest BCUT2D eigenvalue weighted by Crippen LogP contribution is 2.33. The van der Waals surface area contributed by atoms with Crippen LogP contribution in [0.4, 0.5) is 11.4 Å². The molecule has 0 atom stereocenters. The molecule has 150 valence electrons. The van der Waals surface area contributed by atoms with Gasteiger partial charge in [0.25, 0.3) is 0 Å². The number of nitrogens with one attached hydrogen (secondary N) is 2. The van der Waals surface area contributed by atoms with Gasteiger partial charge in [-0.2, -0.15) is 0 Å². The second-order valence-corrected chi connectivity index (χ2v) is 6.40. The zero-order valence-corrected chi connectivity index (χ0v) is 16.8. The molecule has 0 spiro atoms. The molecule has 0 bridgehead atoms. The summed E-state index contributed by atoms with van der Waals surface area (Å²) in [5.41, 5.74) is 1.23. The summed E-state index contributed by atoms with van der Waals surface area (Å²) in [5, 5.41) is 6.41. The largest absolute Gasteiger partial charge is 0.497 e. The van der Waals surface area contributed by atoms with Crippen molar-refractivity contribution in [2.45, 2.75) is 0 Å². The summed E-state index contributed by atoms with van der Waals surface area (Å²) in [5.74, 6) is 2.02. The number of hydrogen-bond donors (Lipinski definition) is 2. The Balaban J connectivity index is 1.66. The molecule has 3 aromatic carbocycles. The predicted molar refractivity (Wildman–Crippen MR) is 115 cm³/mol. The standard InChI is InChI=1S/C22H21ClN2O4/c1-27-15-11-12-18(21(13-15)28-2)25-22(26)14-24-17-8-4-6-10-20(17)29-19-9-5-3-7-16(19)23/h3-13,24H,14H2,1-2H3,(H,25,26). The van der Waals surface area contributed by atoms with Crippen molar-refractivity contribution in [3.63, 3.8) is 0 Å². The van der Waals surface area contributed by atoms with E-state index in [0.29, 0.717) is 39.4 Å². The van der Waals surface area contributed by atoms with Crippen LogP contribution in [-0.2, 0) is 4.79 Å². The SMILES string of the molecule is COc1ccc(NC(=O)CNc2ccccc2Oc2ccccc2Cl)c(OC)c1. The van der Waals surface area contributed by atoms with Crippen molar-refractivity contribution in [2.75, 3.05) is 31.4 Å². The fraction of sp³-hybridized carbons (Fsp3) is 0.136. The molecule has 0 unspecified atom stereocenters. The number of benzene rings is 3. The summed E-state index contributed by atoms with van der Waals surface area (Å²) < 4.78 is 16.4. The predicted octanol–water partition coefficient (Wildman–Crippen LogP) is 5.20. The van der Waals surface area contributed by atoms with Gasteiger partial charge in [0.05, 0.1) is 37.2 Å². The summed E-state index contributed by atoms with van der Waals surface area (Å²) in [6.07, 6.45) is 0. The molecule has 2 N–H and O–H groups in total. The number of methoxy groups -OCH3 is 2. The van der Waals surface area contributed by atoms with Crippen molar-refractivity contribution in [1.29, 1.82) is 0 Å². The zero-order valence-electron chi connectivity index (χ0n) is 16.1. The highest BCUT2D eigenvalue weighted by Gasteiger charge is 2.11. The minimum absolute atomic E-state index is 0.0398. The molecule has 0 aromatic heterocycles. The number of anilines is 2. The van der Waals surface area contributed by atoms with E-state index in [9.17, 15) is 4.79 Å². The van der Waals surface area contributed by atoms with Crippen LogP contribution in [-0.4, -0.2) is 26.7 Å². The van der Waals surface area contributed by atoms with Crippen LogP contribution in [0.3, 0.4) is 0 Å². The van der Waals surface area contributed by atoms with Crippen LogP contribution >= 0.6 is 11.6 Å². The summed E-state index contributed by atoms with van der Waals surface area (Å²) >= 11 is 6.16. The highest BCUT2D eigenvalue weighted by molar-refractivity contribution is 6.32. The Morgan fingerprint density at radius 3 is 2.31 bits per heavy atom. The number of carbonyl (C=O) groups excluding carboxylic acids is 1. The molecular formula is C22H21ClN2O4. The molecule has 7 heteroatoms. The minimum Gasteiger partial charge on any atom is -0.497 e. The molecule has 0 radical (unpaired) electrons. The average molecular weight is 413 g/mol. The first-order chi connectivity index (χ1) is 14.1. The molecular weight excluding hydrogens is 392 g/mol. The smallest absolute Gasteiger partial charge is 0.243 e. The van der Waals surface area contributed by atoms with Crippen molar-refractivity contribution in [2.24, 2.45) is 0 Å². The van der Waals surface area contributed by atoms with Crippen molar-refractivity contribution in [3.8, 4) is 23.0 Å². The molecule has 29 heavy (non-hydrogen) atoms. The molecule has 3 rings (SSSR count). The Kier molecular flexibility index (Phi) is 6.81. The lowest BCUT2D eigenvalue weighted by molar-refractivity contribution is -0.114. The van der Waals surface area contributed by atoms with E-state index in [1.807, 2.05) is 30.3 Å². The first-order valence-corrected chi connectivity index (χ1v) is 9.25. The topological polar surface area (TPSA) is 68.8 Å². The van der Waals surface area contributed by atoms with Crippen molar-refractivity contribution >= 4 is 28.9 Å². The fourth-order valence-electron chi connectivity index (χ4n) is 2.62. The maximum absolute atomic E-state index is 12.4. The van der Waals surface area contributed by atoms with Gasteiger partial charge in [0.2, 0.25) is 5.91 Å². The Bertz CT molecular complexity index is 994. The van der Waals surface area contributed by atoms with Gasteiger partial charge in [0.1, 0.15) is 17.2 Å². The van der Waals surface area contributed by atoms with Gasteiger partial charge >= 0.3 is 0 Å². The van der Waals surface area contributed by atoms with Gasteiger partial charge in [-0.25, -0.2) is 0 Å². The second kappa shape index (κ2) is 9.71. The van der Waals surface area contributed by atoms with Crippen LogP contribution in [0.2, 0.25) is 5.02 Å². The van der Waals surface area contributed by atoms with Gasteiger partial charge in [-0.3, -0.25) is 4.79 Å². The second-order valence-electron chi connectivity index (χ2n) is 6.00. The van der Waals surface area contributed by atoms with Crippen molar-refractivity contribution in [1.82, 2.24) is 0 Å². The van der Waals surface area contributed by atoms with Gasteiger partial charge < -0.3 is 24.8 Å². The Hall–Kier alpha value is -3.38. The third kappa shape index (κ3) is 5.33. The van der Waals surface area contributed by atoms with E-state index in [-0.39, 0.29) is 12.5 Å². The molecule has 3 aromatic rings. The van der Waals surface area contributed by atoms with Crippen LogP contribution in [0.15, 0.2) is 66.7 Å². The highest BCUT2D eigenvalue weighted by atomic mass is 35.5. The summed E-state index contributed by atoms with van der Waals surface area (Å²) in [4.78, 5) is 12.4. The lowest BCUT2D eigenvalue weighted by atomic mass is 10.2. The molecule has 6 nitrogen and oxygen atoms in total. The van der Waals surface area contributed by atoms with Crippen molar-refractivity contribution < 1.29 is 19.0 Å². The molecule has 1 amide bonds. The molecule has 0 aliphatic heterocycles. The lowest BCUT2D eigenvalue weighted by Gasteiger charge is -2.15. The van der Waals surface area contributed by atoms with Gasteiger partial charge in [0, 0.05) is 6.07 Å². The average Bonchev–Trinajstić information content (AvgIpc) is 2.75. The van der Waals surface area contributed by atoms with Crippen LogP contribution in [0.5, 0.6) is 23.0 Å². The molecule has 0 heterocycles. The Morgan fingerprint density at radius 1 is 0.862 bits per heavy atom. The van der Waals surface area contributed by atoms with Crippen molar-refractivity contribution in [3.05, 3.63) is 71.8 Å². The van der Waals surface area contributed by atoms with Gasteiger partial charge in [-0.05, 0) is 36.4 Å². The number of ether oxygens (including phenoxy) is 3. The maximum Gasteiger partial charge on any atom is 0.243 e. The molecule has 0 aliphatic carbocycles. The number of amides is 1.